The molecule has 0 aliphatic rings. The van der Waals surface area contributed by atoms with Crippen molar-refractivity contribution in [2.24, 2.45) is 5.73 Å². The van der Waals surface area contributed by atoms with Gasteiger partial charge in [-0.1, -0.05) is 23.4 Å². The van der Waals surface area contributed by atoms with Crippen LogP contribution in [-0.4, -0.2) is 22.4 Å². The Balaban J connectivity index is 2.13. The van der Waals surface area contributed by atoms with E-state index < -0.39 is 0 Å². The first-order valence-corrected chi connectivity index (χ1v) is 5.87. The summed E-state index contributed by atoms with van der Waals surface area (Å²) < 4.78 is 0. The number of halogens is 1. The van der Waals surface area contributed by atoms with E-state index in [9.17, 15) is 4.79 Å². The lowest BCUT2D eigenvalue weighted by molar-refractivity contribution is 0.102. The number of carbonyl (C=O) groups is 1. The molecular weight excluding hydrogens is 264 g/mol. The zero-order valence-electron chi connectivity index (χ0n) is 9.90. The summed E-state index contributed by atoms with van der Waals surface area (Å²) in [7, 11) is 0. The number of anilines is 1. The summed E-state index contributed by atoms with van der Waals surface area (Å²) in [5.41, 5.74) is 6.40. The Morgan fingerprint density at radius 2 is 2.37 bits per heavy atom. The number of hydrogen-bond donors (Lipinski definition) is 3. The summed E-state index contributed by atoms with van der Waals surface area (Å²) in [4.78, 5) is 18.7. The molecular formula is C13H11ClN4O. The maximum atomic E-state index is 11.9. The zero-order valence-corrected chi connectivity index (χ0v) is 10.7. The van der Waals surface area contributed by atoms with E-state index in [4.69, 9.17) is 17.3 Å². The molecule has 19 heavy (non-hydrogen) atoms. The molecule has 2 aromatic rings. The minimum atomic E-state index is -0.316. The van der Waals surface area contributed by atoms with E-state index in [0.29, 0.717) is 16.5 Å². The Hall–Kier alpha value is -2.29. The lowest BCUT2D eigenvalue weighted by Crippen LogP contribution is -2.13. The Kier molecular flexibility index (Phi) is 4.18. The summed E-state index contributed by atoms with van der Waals surface area (Å²) in [6, 6.07) is 4.95. The van der Waals surface area contributed by atoms with Crippen LogP contribution in [0.5, 0.6) is 0 Å². The van der Waals surface area contributed by atoms with Crippen LogP contribution < -0.4 is 11.1 Å². The van der Waals surface area contributed by atoms with Crippen molar-refractivity contribution in [1.82, 2.24) is 9.97 Å². The minimum absolute atomic E-state index is 0.283. The molecule has 0 unspecified atom stereocenters. The number of pyridine rings is 1. The van der Waals surface area contributed by atoms with Crippen molar-refractivity contribution in [2.45, 2.75) is 0 Å². The molecule has 0 aromatic carbocycles. The second-order valence-corrected chi connectivity index (χ2v) is 4.06. The van der Waals surface area contributed by atoms with Crippen LogP contribution in [0.2, 0.25) is 5.02 Å². The Morgan fingerprint density at radius 1 is 1.53 bits per heavy atom. The van der Waals surface area contributed by atoms with Crippen LogP contribution in [0.4, 0.5) is 5.82 Å². The van der Waals surface area contributed by atoms with Crippen LogP contribution >= 0.6 is 11.6 Å². The van der Waals surface area contributed by atoms with E-state index >= 15 is 0 Å². The Labute approximate surface area is 115 Å². The van der Waals surface area contributed by atoms with Gasteiger partial charge in [-0.25, -0.2) is 4.98 Å². The first-order chi connectivity index (χ1) is 9.19. The highest BCUT2D eigenvalue weighted by molar-refractivity contribution is 6.31. The third-order valence-electron chi connectivity index (χ3n) is 2.23. The molecule has 0 saturated carbocycles. The SMILES string of the molecule is NCC#Cc1ccnc(NC(=O)c2cc(Cl)c[nH]2)c1. The molecule has 5 nitrogen and oxygen atoms in total. The van der Waals surface area contributed by atoms with Crippen LogP contribution in [0.25, 0.3) is 0 Å². The van der Waals surface area contributed by atoms with E-state index in [1.165, 1.54) is 12.3 Å². The van der Waals surface area contributed by atoms with Gasteiger partial charge in [0.1, 0.15) is 11.5 Å². The van der Waals surface area contributed by atoms with Crippen LogP contribution in [0.1, 0.15) is 16.1 Å². The molecule has 0 aliphatic carbocycles. The molecule has 0 radical (unpaired) electrons. The van der Waals surface area contributed by atoms with E-state index in [0.717, 1.165) is 5.56 Å². The second kappa shape index (κ2) is 6.05. The van der Waals surface area contributed by atoms with Gasteiger partial charge in [0.25, 0.3) is 5.91 Å². The van der Waals surface area contributed by atoms with Gasteiger partial charge in [0.2, 0.25) is 0 Å². The molecule has 4 N–H and O–H groups in total. The molecule has 0 atom stereocenters. The number of hydrogen-bond acceptors (Lipinski definition) is 3. The van der Waals surface area contributed by atoms with Crippen LogP contribution in [-0.2, 0) is 0 Å². The number of carbonyl (C=O) groups excluding carboxylic acids is 1. The van der Waals surface area contributed by atoms with Gasteiger partial charge in [0.05, 0.1) is 11.6 Å². The number of rotatable bonds is 2. The third kappa shape index (κ3) is 3.58. The third-order valence-corrected chi connectivity index (χ3v) is 2.45. The number of aromatic nitrogens is 2. The maximum Gasteiger partial charge on any atom is 0.273 e. The molecule has 0 saturated heterocycles. The van der Waals surface area contributed by atoms with Gasteiger partial charge in [0, 0.05) is 18.0 Å². The van der Waals surface area contributed by atoms with Crippen molar-refractivity contribution < 1.29 is 4.79 Å². The Bertz CT molecular complexity index is 654. The molecule has 6 heteroatoms. The van der Waals surface area contributed by atoms with Crippen LogP contribution in [0.15, 0.2) is 30.6 Å². The highest BCUT2D eigenvalue weighted by Gasteiger charge is 2.08. The molecule has 2 heterocycles. The van der Waals surface area contributed by atoms with Crippen molar-refractivity contribution >= 4 is 23.3 Å². The van der Waals surface area contributed by atoms with E-state index in [1.807, 2.05) is 0 Å². The number of amides is 1. The van der Waals surface area contributed by atoms with Crippen molar-refractivity contribution in [2.75, 3.05) is 11.9 Å². The first-order valence-electron chi connectivity index (χ1n) is 5.49. The standard InChI is InChI=1S/C13H11ClN4O/c14-10-7-11(17-8-10)13(19)18-12-6-9(2-1-4-15)3-5-16-12/h3,5-8,17H,4,15H2,(H,16,18,19). The monoisotopic (exact) mass is 274 g/mol. The maximum absolute atomic E-state index is 11.9. The fourth-order valence-corrected chi connectivity index (χ4v) is 1.58. The highest BCUT2D eigenvalue weighted by Crippen LogP contribution is 2.12. The van der Waals surface area contributed by atoms with Crippen LogP contribution in [0.3, 0.4) is 0 Å². The van der Waals surface area contributed by atoms with Crippen molar-refractivity contribution in [3.05, 3.63) is 46.9 Å². The van der Waals surface area contributed by atoms with Gasteiger partial charge in [0.15, 0.2) is 0 Å². The molecule has 0 aliphatic heterocycles. The van der Waals surface area contributed by atoms with Gasteiger partial charge in [-0.15, -0.1) is 0 Å². The summed E-state index contributed by atoms with van der Waals surface area (Å²) in [5.74, 6) is 5.70. The van der Waals surface area contributed by atoms with Gasteiger partial charge < -0.3 is 16.0 Å². The molecule has 2 aromatic heterocycles. The van der Waals surface area contributed by atoms with E-state index in [1.54, 1.807) is 18.3 Å². The van der Waals surface area contributed by atoms with Crippen molar-refractivity contribution in [3.63, 3.8) is 0 Å². The predicted octanol–water partition coefficient (Wildman–Crippen LogP) is 1.63. The molecule has 0 bridgehead atoms. The number of aromatic amines is 1. The Morgan fingerprint density at radius 3 is 3.05 bits per heavy atom. The second-order valence-electron chi connectivity index (χ2n) is 3.62. The van der Waals surface area contributed by atoms with Gasteiger partial charge in [-0.2, -0.15) is 0 Å². The topological polar surface area (TPSA) is 83.8 Å². The minimum Gasteiger partial charge on any atom is -0.356 e. The normalized spacial score (nSPS) is 9.58. The lowest BCUT2D eigenvalue weighted by atomic mass is 10.2. The highest BCUT2D eigenvalue weighted by atomic mass is 35.5. The summed E-state index contributed by atoms with van der Waals surface area (Å²) >= 11 is 5.73. The van der Waals surface area contributed by atoms with Crippen LogP contribution in [0, 0.1) is 11.8 Å². The number of H-pyrrole nitrogens is 1. The van der Waals surface area contributed by atoms with E-state index in [-0.39, 0.29) is 12.5 Å². The fraction of sp³-hybridized carbons (Fsp3) is 0.0769. The molecule has 2 rings (SSSR count). The smallest absolute Gasteiger partial charge is 0.273 e. The number of nitrogens with two attached hydrogens (primary N) is 1. The first kappa shape index (κ1) is 13.1. The zero-order chi connectivity index (χ0) is 13.7. The molecule has 1 amide bonds. The summed E-state index contributed by atoms with van der Waals surface area (Å²) in [5, 5.41) is 3.12. The molecule has 96 valence electrons. The van der Waals surface area contributed by atoms with Gasteiger partial charge in [-0.05, 0) is 18.2 Å². The van der Waals surface area contributed by atoms with Gasteiger partial charge in [-0.3, -0.25) is 4.79 Å². The summed E-state index contributed by atoms with van der Waals surface area (Å²) in [6.45, 7) is 0.283. The fourth-order valence-electron chi connectivity index (χ4n) is 1.41. The lowest BCUT2D eigenvalue weighted by Gasteiger charge is -2.02. The van der Waals surface area contributed by atoms with Crippen molar-refractivity contribution in [1.29, 1.82) is 0 Å². The average Bonchev–Trinajstić information content (AvgIpc) is 2.83. The summed E-state index contributed by atoms with van der Waals surface area (Å²) in [6.07, 6.45) is 3.10. The van der Waals surface area contributed by atoms with Crippen molar-refractivity contribution in [3.8, 4) is 11.8 Å². The number of nitrogens with one attached hydrogen (secondary N) is 2. The molecule has 0 fully saturated rings. The number of nitrogens with zero attached hydrogens (tertiary/aromatic N) is 1. The van der Waals surface area contributed by atoms with Gasteiger partial charge >= 0.3 is 0 Å². The van der Waals surface area contributed by atoms with E-state index in [2.05, 4.69) is 27.1 Å². The largest absolute Gasteiger partial charge is 0.356 e. The predicted molar refractivity (Wildman–Crippen MR) is 73.9 cm³/mol. The average molecular weight is 275 g/mol. The quantitative estimate of drug-likeness (QED) is 0.728. The molecule has 0 spiro atoms.